The lowest BCUT2D eigenvalue weighted by molar-refractivity contribution is -0.899. The third-order valence-corrected chi connectivity index (χ3v) is 9.30. The lowest BCUT2D eigenvalue weighted by atomic mass is 10.3. The Morgan fingerprint density at radius 2 is 0.643 bits per heavy atom. The lowest BCUT2D eigenvalue weighted by Gasteiger charge is -2.28. The summed E-state index contributed by atoms with van der Waals surface area (Å²) in [6.45, 7) is 11.3. The lowest BCUT2D eigenvalue weighted by Crippen LogP contribution is -2.50. The predicted octanol–water partition coefficient (Wildman–Crippen LogP) is -1.04. The molecule has 0 amide bonds. The van der Waals surface area contributed by atoms with Crippen molar-refractivity contribution >= 4 is 35.8 Å². The first-order valence-electron chi connectivity index (χ1n) is 14.1. The molecule has 234 valence electrons. The van der Waals surface area contributed by atoms with Crippen LogP contribution in [0.15, 0.2) is 0 Å². The first-order chi connectivity index (χ1) is 19.5. The Morgan fingerprint density at radius 1 is 0.429 bits per heavy atom. The highest BCUT2D eigenvalue weighted by Crippen LogP contribution is 2.53. The van der Waals surface area contributed by atoms with Crippen LogP contribution in [0.5, 0.6) is 0 Å². The average molecular weight is 601 g/mol. The van der Waals surface area contributed by atoms with E-state index in [1.54, 1.807) is 0 Å². The van der Waals surface area contributed by atoms with E-state index in [0.29, 0.717) is 58.9 Å². The third-order valence-electron chi connectivity index (χ3n) is 9.30. The molecule has 3 atom stereocenters. The molecule has 3 spiro atoms. The van der Waals surface area contributed by atoms with Crippen LogP contribution in [0.3, 0.4) is 0 Å². The van der Waals surface area contributed by atoms with Crippen LogP contribution in [0, 0.1) is 0 Å². The molecule has 0 aromatic rings. The third kappa shape index (κ3) is 5.81. The Balaban J connectivity index is 1.72. The number of esters is 6. The zero-order valence-corrected chi connectivity index (χ0v) is 25.2. The van der Waals surface area contributed by atoms with E-state index in [9.17, 15) is 28.8 Å². The van der Waals surface area contributed by atoms with Crippen molar-refractivity contribution in [2.24, 2.45) is 0 Å². The van der Waals surface area contributed by atoms with Crippen molar-refractivity contribution in [2.75, 3.05) is 78.7 Å². The number of carbonyl (C=O) groups excluding carboxylic acids is 6. The Labute approximate surface area is 244 Å². The van der Waals surface area contributed by atoms with Crippen molar-refractivity contribution in [1.82, 2.24) is 0 Å². The van der Waals surface area contributed by atoms with Crippen LogP contribution in [0.2, 0.25) is 0 Å². The molecule has 0 N–H and O–H groups in total. The number of rotatable bonds is 9. The molecule has 4 rings (SSSR count). The average Bonchev–Trinajstić information content (AvgIpc) is 3.78. The SMILES string of the molecule is CC(=O)OCC1(OC(C)=O)C[N+]12CC[N+]1(CC[N+]3(CC2)CC3(COC(C)=O)OC(C)=O)CC1(COC(C)=O)OC(C)=O. The van der Waals surface area contributed by atoms with Crippen molar-refractivity contribution in [3.8, 4) is 0 Å². The van der Waals surface area contributed by atoms with Gasteiger partial charge in [0.1, 0.15) is 39.3 Å². The molecule has 4 aliphatic rings. The molecule has 0 radical (unpaired) electrons. The van der Waals surface area contributed by atoms with Gasteiger partial charge in [0.05, 0.1) is 0 Å². The van der Waals surface area contributed by atoms with Crippen LogP contribution in [-0.4, -0.2) is 145 Å². The smallest absolute Gasteiger partial charge is 0.330 e. The highest BCUT2D eigenvalue weighted by Gasteiger charge is 2.83. The van der Waals surface area contributed by atoms with Crippen molar-refractivity contribution in [3.05, 3.63) is 0 Å². The molecule has 15 heteroatoms. The van der Waals surface area contributed by atoms with Gasteiger partial charge in [-0.1, -0.05) is 0 Å². The van der Waals surface area contributed by atoms with Gasteiger partial charge in [0.2, 0.25) is 0 Å². The molecule has 15 nitrogen and oxygen atoms in total. The van der Waals surface area contributed by atoms with Gasteiger partial charge < -0.3 is 28.4 Å². The topological polar surface area (TPSA) is 158 Å². The quantitative estimate of drug-likeness (QED) is 0.137. The molecular weight excluding hydrogens is 558 g/mol. The molecule has 0 aromatic carbocycles. The molecule has 4 aliphatic heterocycles. The number of nitrogens with zero attached hydrogens (tertiary/aromatic N) is 3. The van der Waals surface area contributed by atoms with Crippen molar-refractivity contribution in [1.29, 1.82) is 0 Å². The molecule has 4 fully saturated rings. The fourth-order valence-electron chi connectivity index (χ4n) is 6.96. The van der Waals surface area contributed by atoms with Gasteiger partial charge in [0.25, 0.3) is 0 Å². The molecule has 0 aromatic heterocycles. The summed E-state index contributed by atoms with van der Waals surface area (Å²) < 4.78 is 34.4. The zero-order chi connectivity index (χ0) is 31.2. The minimum atomic E-state index is -1.11. The van der Waals surface area contributed by atoms with E-state index in [1.807, 2.05) is 0 Å². The van der Waals surface area contributed by atoms with Gasteiger partial charge in [-0.3, -0.25) is 42.2 Å². The van der Waals surface area contributed by atoms with E-state index < -0.39 is 53.0 Å². The van der Waals surface area contributed by atoms with E-state index in [1.165, 1.54) is 41.5 Å². The van der Waals surface area contributed by atoms with E-state index in [2.05, 4.69) is 0 Å². The van der Waals surface area contributed by atoms with Gasteiger partial charge in [-0.2, -0.15) is 0 Å². The van der Waals surface area contributed by atoms with Crippen LogP contribution >= 0.6 is 0 Å². The maximum Gasteiger partial charge on any atom is 0.330 e. The molecule has 4 saturated heterocycles. The second-order valence-corrected chi connectivity index (χ2v) is 12.2. The van der Waals surface area contributed by atoms with E-state index in [4.69, 9.17) is 28.4 Å². The fraction of sp³-hybridized carbons (Fsp3) is 0.778. The monoisotopic (exact) mass is 600 g/mol. The predicted molar refractivity (Wildman–Crippen MR) is 138 cm³/mol. The minimum Gasteiger partial charge on any atom is -0.455 e. The standard InChI is InChI=1S/C27H42N3O12/c1-19(31)37-16-25(40-22(4)34)13-28(25)7-9-29(14-26(29,41-23(5)35)17-38-20(2)32)11-12-30(10-8-28)15-27(30,42-24(6)36)18-39-21(3)33/h7-18H2,1-6H3/q+3. The molecule has 3 unspecified atom stereocenters. The van der Waals surface area contributed by atoms with E-state index >= 15 is 0 Å². The van der Waals surface area contributed by atoms with Crippen LogP contribution < -0.4 is 0 Å². The Kier molecular flexibility index (Phi) is 8.10. The van der Waals surface area contributed by atoms with Gasteiger partial charge in [-0.15, -0.1) is 0 Å². The number of ether oxygens (including phenoxy) is 6. The largest absolute Gasteiger partial charge is 0.455 e. The Bertz CT molecular complexity index is 1030. The van der Waals surface area contributed by atoms with Crippen molar-refractivity contribution in [2.45, 2.75) is 58.7 Å². The molecule has 42 heavy (non-hydrogen) atoms. The fourth-order valence-corrected chi connectivity index (χ4v) is 6.96. The summed E-state index contributed by atoms with van der Waals surface area (Å²) in [7, 11) is 0. The maximum atomic E-state index is 12.2. The molecule has 0 aliphatic carbocycles. The molecule has 0 bridgehead atoms. The Morgan fingerprint density at radius 3 is 0.810 bits per heavy atom. The zero-order valence-electron chi connectivity index (χ0n) is 25.2. The summed E-state index contributed by atoms with van der Waals surface area (Å²) >= 11 is 0. The molecule has 4 heterocycles. The van der Waals surface area contributed by atoms with Crippen molar-refractivity contribution < 1.29 is 70.6 Å². The number of hydrogen-bond donors (Lipinski definition) is 0. The highest BCUT2D eigenvalue weighted by molar-refractivity contribution is 5.68. The van der Waals surface area contributed by atoms with Gasteiger partial charge >= 0.3 is 53.0 Å². The normalized spacial score (nSPS) is 37.9. The Hall–Kier alpha value is -3.30. The number of carbonyl (C=O) groups is 6. The molecular formula is C27H42N3O12+3. The van der Waals surface area contributed by atoms with Gasteiger partial charge in [0, 0.05) is 41.5 Å². The summed E-state index contributed by atoms with van der Waals surface area (Å²) in [5, 5.41) is 0. The van der Waals surface area contributed by atoms with Crippen LogP contribution in [0.25, 0.3) is 0 Å². The van der Waals surface area contributed by atoms with E-state index in [0.717, 1.165) is 0 Å². The second-order valence-electron chi connectivity index (χ2n) is 12.2. The minimum absolute atomic E-state index is 0.132. The van der Waals surface area contributed by atoms with Crippen LogP contribution in [-0.2, 0) is 57.2 Å². The van der Waals surface area contributed by atoms with E-state index in [-0.39, 0.29) is 33.3 Å². The first kappa shape index (κ1) is 31.6. The summed E-state index contributed by atoms with van der Waals surface area (Å²) in [5.74, 6) is -3.08. The highest BCUT2D eigenvalue weighted by atomic mass is 16.6. The van der Waals surface area contributed by atoms with Crippen LogP contribution in [0.1, 0.15) is 41.5 Å². The summed E-state index contributed by atoms with van der Waals surface area (Å²) in [6, 6.07) is 0. The number of hydrogen-bond acceptors (Lipinski definition) is 12. The second kappa shape index (κ2) is 10.8. The number of quaternary nitrogens is 3. The van der Waals surface area contributed by atoms with Crippen molar-refractivity contribution in [3.63, 3.8) is 0 Å². The molecule has 0 saturated carbocycles. The van der Waals surface area contributed by atoms with Crippen LogP contribution in [0.4, 0.5) is 0 Å². The van der Waals surface area contributed by atoms with Gasteiger partial charge in [0.15, 0.2) is 39.5 Å². The summed E-state index contributed by atoms with van der Waals surface area (Å²) in [6.07, 6.45) is 0. The van der Waals surface area contributed by atoms with Gasteiger partial charge in [-0.05, 0) is 0 Å². The maximum absolute atomic E-state index is 12.2. The first-order valence-corrected chi connectivity index (χ1v) is 14.1. The summed E-state index contributed by atoms with van der Waals surface area (Å²) in [4.78, 5) is 71.9. The summed E-state index contributed by atoms with van der Waals surface area (Å²) in [5.41, 5.74) is -3.33. The van der Waals surface area contributed by atoms with Gasteiger partial charge in [-0.25, -0.2) is 0 Å².